The van der Waals surface area contributed by atoms with Crippen molar-refractivity contribution in [2.75, 3.05) is 11.5 Å². The van der Waals surface area contributed by atoms with Gasteiger partial charge in [0, 0.05) is 16.3 Å². The van der Waals surface area contributed by atoms with E-state index in [0.29, 0.717) is 6.54 Å². The Kier molecular flexibility index (Phi) is 4.06. The molecule has 0 unspecified atom stereocenters. The summed E-state index contributed by atoms with van der Waals surface area (Å²) in [5.41, 5.74) is 7.76. The Morgan fingerprint density at radius 1 is 1.53 bits per heavy atom. The number of benzene rings is 1. The molecule has 0 aliphatic carbocycles. The van der Waals surface area contributed by atoms with Crippen LogP contribution >= 0.6 is 11.8 Å². The van der Waals surface area contributed by atoms with E-state index in [-0.39, 0.29) is 5.69 Å². The van der Waals surface area contributed by atoms with Crippen molar-refractivity contribution in [3.8, 4) is 0 Å². The first-order chi connectivity index (χ1) is 9.06. The van der Waals surface area contributed by atoms with Crippen LogP contribution in [-0.2, 0) is 6.54 Å². The van der Waals surface area contributed by atoms with Crippen LogP contribution in [0.2, 0.25) is 0 Å². The van der Waals surface area contributed by atoms with Gasteiger partial charge in [-0.3, -0.25) is 4.68 Å². The van der Waals surface area contributed by atoms with Gasteiger partial charge in [-0.25, -0.2) is 4.79 Å². The van der Waals surface area contributed by atoms with Crippen LogP contribution in [0.1, 0.15) is 16.1 Å². The zero-order valence-electron chi connectivity index (χ0n) is 10.4. The molecule has 0 radical (unpaired) electrons. The number of thioether (sulfide) groups is 1. The largest absolute Gasteiger partial charge is 0.476 e. The zero-order valence-corrected chi connectivity index (χ0v) is 11.2. The van der Waals surface area contributed by atoms with Crippen molar-refractivity contribution in [2.24, 2.45) is 0 Å². The Morgan fingerprint density at radius 2 is 2.32 bits per heavy atom. The lowest BCUT2D eigenvalue weighted by Gasteiger charge is -2.06. The smallest absolute Gasteiger partial charge is 0.358 e. The van der Waals surface area contributed by atoms with Crippen LogP contribution in [0.25, 0.3) is 0 Å². The Labute approximate surface area is 114 Å². The van der Waals surface area contributed by atoms with Gasteiger partial charge < -0.3 is 10.8 Å². The SMILES string of the molecule is Cc1ccc(SCCn2cc(C(=O)O)nn2)c(N)c1. The third-order valence-corrected chi connectivity index (χ3v) is 3.57. The molecule has 1 aromatic carbocycles. The van der Waals surface area contributed by atoms with Gasteiger partial charge in [0.1, 0.15) is 0 Å². The molecule has 0 saturated heterocycles. The van der Waals surface area contributed by atoms with Gasteiger partial charge in [0.15, 0.2) is 5.69 Å². The van der Waals surface area contributed by atoms with Crippen molar-refractivity contribution in [2.45, 2.75) is 18.4 Å². The van der Waals surface area contributed by atoms with Gasteiger partial charge in [0.2, 0.25) is 0 Å². The number of aromatic carboxylic acids is 1. The zero-order chi connectivity index (χ0) is 13.8. The van der Waals surface area contributed by atoms with Crippen LogP contribution in [0.5, 0.6) is 0 Å². The number of aryl methyl sites for hydroxylation is 2. The molecular formula is C12H14N4O2S. The first-order valence-electron chi connectivity index (χ1n) is 5.68. The van der Waals surface area contributed by atoms with E-state index in [2.05, 4.69) is 10.3 Å². The van der Waals surface area contributed by atoms with Crippen LogP contribution in [-0.4, -0.2) is 31.8 Å². The van der Waals surface area contributed by atoms with E-state index in [1.54, 1.807) is 11.8 Å². The lowest BCUT2D eigenvalue weighted by atomic mass is 10.2. The number of aromatic nitrogens is 3. The van der Waals surface area contributed by atoms with E-state index in [0.717, 1.165) is 21.9 Å². The number of carboxylic acids is 1. The average Bonchev–Trinajstić information content (AvgIpc) is 2.81. The maximum absolute atomic E-state index is 10.6. The molecule has 2 rings (SSSR count). The molecule has 0 aliphatic heterocycles. The molecule has 6 nitrogen and oxygen atoms in total. The Balaban J connectivity index is 1.90. The number of carbonyl (C=O) groups is 1. The van der Waals surface area contributed by atoms with Crippen LogP contribution in [0.15, 0.2) is 29.3 Å². The summed E-state index contributed by atoms with van der Waals surface area (Å²) in [6, 6.07) is 5.93. The molecule has 1 aromatic heterocycles. The highest BCUT2D eigenvalue weighted by atomic mass is 32.2. The second-order valence-electron chi connectivity index (χ2n) is 4.06. The number of hydrogen-bond acceptors (Lipinski definition) is 5. The van der Waals surface area contributed by atoms with E-state index in [9.17, 15) is 4.79 Å². The average molecular weight is 278 g/mol. The van der Waals surface area contributed by atoms with Crippen LogP contribution < -0.4 is 5.73 Å². The van der Waals surface area contributed by atoms with Crippen molar-refractivity contribution < 1.29 is 9.90 Å². The second-order valence-corrected chi connectivity index (χ2v) is 5.20. The lowest BCUT2D eigenvalue weighted by molar-refractivity contribution is 0.0690. The van der Waals surface area contributed by atoms with Crippen molar-refractivity contribution in [3.05, 3.63) is 35.7 Å². The Hall–Kier alpha value is -2.02. The number of nitrogens with two attached hydrogens (primary N) is 1. The highest BCUT2D eigenvalue weighted by molar-refractivity contribution is 7.99. The minimum atomic E-state index is -1.07. The van der Waals surface area contributed by atoms with Crippen molar-refractivity contribution in [1.29, 1.82) is 0 Å². The summed E-state index contributed by atoms with van der Waals surface area (Å²) >= 11 is 1.61. The second kappa shape index (κ2) is 5.75. The molecule has 2 aromatic rings. The van der Waals surface area contributed by atoms with E-state index in [1.165, 1.54) is 10.9 Å². The van der Waals surface area contributed by atoms with Gasteiger partial charge in [-0.1, -0.05) is 11.3 Å². The summed E-state index contributed by atoms with van der Waals surface area (Å²) < 4.78 is 1.51. The van der Waals surface area contributed by atoms with Crippen LogP contribution in [0, 0.1) is 6.92 Å². The molecule has 1 heterocycles. The quantitative estimate of drug-likeness (QED) is 0.638. The predicted molar refractivity (Wildman–Crippen MR) is 73.3 cm³/mol. The molecule has 3 N–H and O–H groups in total. The third-order valence-electron chi connectivity index (χ3n) is 2.50. The summed E-state index contributed by atoms with van der Waals surface area (Å²) in [4.78, 5) is 11.7. The lowest BCUT2D eigenvalue weighted by Crippen LogP contribution is -2.01. The number of anilines is 1. The first kappa shape index (κ1) is 13.4. The minimum absolute atomic E-state index is 0.0418. The summed E-state index contributed by atoms with van der Waals surface area (Å²) in [5.74, 6) is -0.322. The van der Waals surface area contributed by atoms with Crippen LogP contribution in [0.3, 0.4) is 0 Å². The third kappa shape index (κ3) is 3.47. The highest BCUT2D eigenvalue weighted by Crippen LogP contribution is 2.25. The number of rotatable bonds is 5. The van der Waals surface area contributed by atoms with E-state index < -0.39 is 5.97 Å². The molecule has 0 fully saturated rings. The van der Waals surface area contributed by atoms with Gasteiger partial charge in [-0.2, -0.15) is 0 Å². The fourth-order valence-corrected chi connectivity index (χ4v) is 2.44. The van der Waals surface area contributed by atoms with Crippen molar-refractivity contribution in [1.82, 2.24) is 15.0 Å². The molecule has 0 saturated carbocycles. The van der Waals surface area contributed by atoms with Gasteiger partial charge in [-0.15, -0.1) is 16.9 Å². The number of hydrogen-bond donors (Lipinski definition) is 2. The maximum atomic E-state index is 10.6. The predicted octanol–water partition coefficient (Wildman–Crippen LogP) is 1.66. The standard InChI is InChI=1S/C12H14N4O2S/c1-8-2-3-11(9(13)6-8)19-5-4-16-7-10(12(17)18)14-15-16/h2-3,6-7H,4-5,13H2,1H3,(H,17,18). The molecule has 7 heteroatoms. The van der Waals surface area contributed by atoms with Crippen molar-refractivity contribution >= 4 is 23.4 Å². The number of carboxylic acid groups (broad SMARTS) is 1. The monoisotopic (exact) mass is 278 g/mol. The Bertz CT molecular complexity index is 597. The minimum Gasteiger partial charge on any atom is -0.476 e. The summed E-state index contributed by atoms with van der Waals surface area (Å²) in [6.45, 7) is 2.58. The van der Waals surface area contributed by atoms with E-state index in [4.69, 9.17) is 10.8 Å². The molecule has 0 amide bonds. The molecule has 100 valence electrons. The summed E-state index contributed by atoms with van der Waals surface area (Å²) in [6.07, 6.45) is 1.42. The fourth-order valence-electron chi connectivity index (χ4n) is 1.55. The van der Waals surface area contributed by atoms with Crippen LogP contribution in [0.4, 0.5) is 5.69 Å². The number of nitrogen functional groups attached to an aromatic ring is 1. The Morgan fingerprint density at radius 3 is 2.95 bits per heavy atom. The highest BCUT2D eigenvalue weighted by Gasteiger charge is 2.08. The summed E-state index contributed by atoms with van der Waals surface area (Å²) in [7, 11) is 0. The molecule has 0 aliphatic rings. The summed E-state index contributed by atoms with van der Waals surface area (Å²) in [5, 5.41) is 16.0. The first-order valence-corrected chi connectivity index (χ1v) is 6.67. The van der Waals surface area contributed by atoms with Gasteiger partial charge in [0.25, 0.3) is 0 Å². The van der Waals surface area contributed by atoms with E-state index in [1.807, 2.05) is 25.1 Å². The normalized spacial score (nSPS) is 10.6. The molecule has 19 heavy (non-hydrogen) atoms. The van der Waals surface area contributed by atoms with Gasteiger partial charge >= 0.3 is 5.97 Å². The van der Waals surface area contributed by atoms with Crippen molar-refractivity contribution in [3.63, 3.8) is 0 Å². The number of nitrogens with zero attached hydrogens (tertiary/aromatic N) is 3. The molecule has 0 atom stereocenters. The van der Waals surface area contributed by atoms with Gasteiger partial charge in [-0.05, 0) is 24.6 Å². The molecule has 0 bridgehead atoms. The van der Waals surface area contributed by atoms with E-state index >= 15 is 0 Å². The fraction of sp³-hybridized carbons (Fsp3) is 0.250. The van der Waals surface area contributed by atoms with Gasteiger partial charge in [0.05, 0.1) is 12.7 Å². The topological polar surface area (TPSA) is 94.0 Å². The maximum Gasteiger partial charge on any atom is 0.358 e. The molecular weight excluding hydrogens is 264 g/mol. The molecule has 0 spiro atoms.